The lowest BCUT2D eigenvalue weighted by molar-refractivity contribution is -0.183. The summed E-state index contributed by atoms with van der Waals surface area (Å²) in [6.07, 6.45) is 6.63. The van der Waals surface area contributed by atoms with Crippen molar-refractivity contribution in [3.05, 3.63) is 0 Å². The molecule has 3 unspecified atom stereocenters. The summed E-state index contributed by atoms with van der Waals surface area (Å²) in [7, 11) is 1.69. The number of unbranched alkanes of at least 4 members (excludes halogenated alkanes) is 1. The number of methoxy groups -OCH3 is 1. The maximum Gasteiger partial charge on any atom is 0.156 e. The predicted molar refractivity (Wildman–Crippen MR) is 66.3 cm³/mol. The number of likely N-dealkylation sites (tertiary alicyclic amines) is 1. The normalized spacial score (nSPS) is 25.9. The molecule has 3 atom stereocenters. The van der Waals surface area contributed by atoms with Crippen LogP contribution in [-0.2, 0) is 9.47 Å². The summed E-state index contributed by atoms with van der Waals surface area (Å²) in [6.45, 7) is 7.52. The Morgan fingerprint density at radius 3 is 2.75 bits per heavy atom. The minimum absolute atomic E-state index is 0.109. The van der Waals surface area contributed by atoms with Gasteiger partial charge in [-0.05, 0) is 33.1 Å². The zero-order valence-corrected chi connectivity index (χ0v) is 11.2. The highest BCUT2D eigenvalue weighted by atomic mass is 16.7. The SMILES string of the molecule is CCCCC1CCCN1C(C)OC(C)OC. The summed E-state index contributed by atoms with van der Waals surface area (Å²) in [5.74, 6) is 0. The second-order valence-corrected chi connectivity index (χ2v) is 4.71. The van der Waals surface area contributed by atoms with Crippen LogP contribution in [-0.4, -0.2) is 37.1 Å². The van der Waals surface area contributed by atoms with Gasteiger partial charge < -0.3 is 9.47 Å². The number of hydrogen-bond donors (Lipinski definition) is 0. The topological polar surface area (TPSA) is 21.7 Å². The van der Waals surface area contributed by atoms with Crippen LogP contribution < -0.4 is 0 Å². The van der Waals surface area contributed by atoms with Gasteiger partial charge in [0.1, 0.15) is 6.23 Å². The first-order chi connectivity index (χ1) is 7.69. The molecule has 0 aliphatic carbocycles. The molecule has 0 radical (unpaired) electrons. The number of hydrogen-bond acceptors (Lipinski definition) is 3. The van der Waals surface area contributed by atoms with E-state index >= 15 is 0 Å². The van der Waals surface area contributed by atoms with Crippen LogP contribution in [0, 0.1) is 0 Å². The molecule has 0 saturated carbocycles. The molecule has 1 heterocycles. The summed E-state index contributed by atoms with van der Waals surface area (Å²) >= 11 is 0. The molecule has 0 amide bonds. The Hall–Kier alpha value is -0.120. The molecule has 1 aliphatic heterocycles. The summed E-state index contributed by atoms with van der Waals surface area (Å²) in [5, 5.41) is 0. The summed E-state index contributed by atoms with van der Waals surface area (Å²) < 4.78 is 10.9. The average molecular weight is 229 g/mol. The van der Waals surface area contributed by atoms with Gasteiger partial charge in [-0.25, -0.2) is 0 Å². The van der Waals surface area contributed by atoms with E-state index < -0.39 is 0 Å². The van der Waals surface area contributed by atoms with E-state index in [4.69, 9.17) is 9.47 Å². The Bertz CT molecular complexity index is 187. The molecule has 0 aromatic heterocycles. The number of rotatable bonds is 7. The van der Waals surface area contributed by atoms with Crippen molar-refractivity contribution >= 4 is 0 Å². The Morgan fingerprint density at radius 2 is 2.12 bits per heavy atom. The van der Waals surface area contributed by atoms with Crippen molar-refractivity contribution < 1.29 is 9.47 Å². The van der Waals surface area contributed by atoms with Gasteiger partial charge in [-0.3, -0.25) is 4.90 Å². The molecule has 0 aromatic rings. The van der Waals surface area contributed by atoms with E-state index in [2.05, 4.69) is 18.7 Å². The van der Waals surface area contributed by atoms with Crippen molar-refractivity contribution in [2.24, 2.45) is 0 Å². The van der Waals surface area contributed by atoms with E-state index in [1.807, 2.05) is 6.92 Å². The van der Waals surface area contributed by atoms with Crippen LogP contribution >= 0.6 is 0 Å². The van der Waals surface area contributed by atoms with E-state index in [1.165, 1.54) is 38.6 Å². The molecule has 0 N–H and O–H groups in total. The van der Waals surface area contributed by atoms with Crippen LogP contribution in [0.25, 0.3) is 0 Å². The van der Waals surface area contributed by atoms with Gasteiger partial charge in [0.15, 0.2) is 6.29 Å². The maximum absolute atomic E-state index is 5.80. The lowest BCUT2D eigenvalue weighted by Gasteiger charge is -2.32. The minimum Gasteiger partial charge on any atom is -0.356 e. The van der Waals surface area contributed by atoms with Crippen LogP contribution in [0.1, 0.15) is 52.9 Å². The molecule has 0 spiro atoms. The van der Waals surface area contributed by atoms with Gasteiger partial charge in [-0.15, -0.1) is 0 Å². The number of ether oxygens (including phenoxy) is 2. The third kappa shape index (κ3) is 4.04. The van der Waals surface area contributed by atoms with Crippen LogP contribution in [0.2, 0.25) is 0 Å². The van der Waals surface area contributed by atoms with Crippen LogP contribution in [0.15, 0.2) is 0 Å². The van der Waals surface area contributed by atoms with E-state index in [0.717, 1.165) is 6.04 Å². The molecule has 3 heteroatoms. The van der Waals surface area contributed by atoms with Crippen LogP contribution in [0.5, 0.6) is 0 Å². The molecule has 0 aromatic carbocycles. The zero-order chi connectivity index (χ0) is 12.0. The second-order valence-electron chi connectivity index (χ2n) is 4.71. The van der Waals surface area contributed by atoms with Gasteiger partial charge in [0, 0.05) is 19.7 Å². The largest absolute Gasteiger partial charge is 0.356 e. The highest BCUT2D eigenvalue weighted by molar-refractivity contribution is 4.80. The fourth-order valence-electron chi connectivity index (χ4n) is 2.50. The van der Waals surface area contributed by atoms with E-state index in [-0.39, 0.29) is 12.5 Å². The molecule has 0 bridgehead atoms. The summed E-state index contributed by atoms with van der Waals surface area (Å²) in [4.78, 5) is 2.49. The van der Waals surface area contributed by atoms with Crippen molar-refractivity contribution in [2.75, 3.05) is 13.7 Å². The standard InChI is InChI=1S/C13H27NO2/c1-5-6-8-13-9-7-10-14(13)11(2)16-12(3)15-4/h11-13H,5-10H2,1-4H3. The molecule has 16 heavy (non-hydrogen) atoms. The van der Waals surface area contributed by atoms with Gasteiger partial charge in [0.25, 0.3) is 0 Å². The first kappa shape index (κ1) is 13.9. The zero-order valence-electron chi connectivity index (χ0n) is 11.2. The molecular formula is C13H27NO2. The van der Waals surface area contributed by atoms with Gasteiger partial charge in [0.2, 0.25) is 0 Å². The van der Waals surface area contributed by atoms with Crippen LogP contribution in [0.3, 0.4) is 0 Å². The molecule has 96 valence electrons. The van der Waals surface area contributed by atoms with E-state index in [9.17, 15) is 0 Å². The Morgan fingerprint density at radius 1 is 1.38 bits per heavy atom. The highest BCUT2D eigenvalue weighted by Gasteiger charge is 2.28. The third-order valence-electron chi connectivity index (χ3n) is 3.50. The Kier molecular flexibility index (Phi) is 6.32. The first-order valence-electron chi connectivity index (χ1n) is 6.63. The van der Waals surface area contributed by atoms with Crippen molar-refractivity contribution in [2.45, 2.75) is 71.4 Å². The summed E-state index contributed by atoms with van der Waals surface area (Å²) in [6, 6.07) is 0.721. The molecular weight excluding hydrogens is 202 g/mol. The quantitative estimate of drug-likeness (QED) is 0.626. The average Bonchev–Trinajstić information content (AvgIpc) is 2.74. The summed E-state index contributed by atoms with van der Waals surface area (Å²) in [5.41, 5.74) is 0. The fraction of sp³-hybridized carbons (Fsp3) is 1.00. The maximum atomic E-state index is 5.80. The van der Waals surface area contributed by atoms with E-state index in [0.29, 0.717) is 0 Å². The molecule has 1 aliphatic rings. The molecule has 3 nitrogen and oxygen atoms in total. The Labute approximate surface area is 100 Å². The van der Waals surface area contributed by atoms with Crippen molar-refractivity contribution in [1.82, 2.24) is 4.90 Å². The third-order valence-corrected chi connectivity index (χ3v) is 3.50. The smallest absolute Gasteiger partial charge is 0.156 e. The lowest BCUT2D eigenvalue weighted by atomic mass is 10.1. The fourth-order valence-corrected chi connectivity index (χ4v) is 2.50. The van der Waals surface area contributed by atoms with E-state index in [1.54, 1.807) is 7.11 Å². The minimum atomic E-state index is -0.109. The van der Waals surface area contributed by atoms with Gasteiger partial charge >= 0.3 is 0 Å². The van der Waals surface area contributed by atoms with Crippen molar-refractivity contribution in [3.63, 3.8) is 0 Å². The molecule has 1 fully saturated rings. The lowest BCUT2D eigenvalue weighted by Crippen LogP contribution is -2.40. The van der Waals surface area contributed by atoms with Crippen molar-refractivity contribution in [3.8, 4) is 0 Å². The highest BCUT2D eigenvalue weighted by Crippen LogP contribution is 2.25. The monoisotopic (exact) mass is 229 g/mol. The first-order valence-corrected chi connectivity index (χ1v) is 6.63. The second kappa shape index (κ2) is 7.25. The van der Waals surface area contributed by atoms with Gasteiger partial charge in [-0.1, -0.05) is 19.8 Å². The van der Waals surface area contributed by atoms with Gasteiger partial charge in [-0.2, -0.15) is 0 Å². The molecule has 1 saturated heterocycles. The van der Waals surface area contributed by atoms with Crippen molar-refractivity contribution in [1.29, 1.82) is 0 Å². The molecule has 1 rings (SSSR count). The Balaban J connectivity index is 2.37. The van der Waals surface area contributed by atoms with Gasteiger partial charge in [0.05, 0.1) is 0 Å². The van der Waals surface area contributed by atoms with Crippen LogP contribution in [0.4, 0.5) is 0 Å². The predicted octanol–water partition coefficient (Wildman–Crippen LogP) is 3.00. The number of nitrogens with zero attached hydrogens (tertiary/aromatic N) is 1.